The van der Waals surface area contributed by atoms with E-state index in [0.29, 0.717) is 17.9 Å². The van der Waals surface area contributed by atoms with Crippen molar-refractivity contribution in [3.05, 3.63) is 35.4 Å². The Morgan fingerprint density at radius 3 is 2.20 bits per heavy atom. The Hall–Kier alpha value is -0.820. The Balaban J connectivity index is 2.38. The van der Waals surface area contributed by atoms with Crippen LogP contribution in [0.2, 0.25) is 0 Å². The van der Waals surface area contributed by atoms with Crippen molar-refractivity contribution < 1.29 is 0 Å². The molecular weight excluding hydrogens is 182 g/mol. The first-order valence-electron chi connectivity index (χ1n) is 5.80. The smallest absolute Gasteiger partial charge is 0.0172 e. The number of hydrogen-bond acceptors (Lipinski definition) is 1. The molecule has 1 aliphatic carbocycles. The molecule has 1 fully saturated rings. The van der Waals surface area contributed by atoms with E-state index in [0.717, 1.165) is 0 Å². The Labute approximate surface area is 92.7 Å². The van der Waals surface area contributed by atoms with Crippen molar-refractivity contribution in [1.29, 1.82) is 0 Å². The fourth-order valence-corrected chi connectivity index (χ4v) is 2.59. The van der Waals surface area contributed by atoms with Crippen molar-refractivity contribution in [2.24, 2.45) is 11.1 Å². The van der Waals surface area contributed by atoms with E-state index in [1.54, 1.807) is 0 Å². The molecule has 0 amide bonds. The first kappa shape index (κ1) is 10.7. The summed E-state index contributed by atoms with van der Waals surface area (Å²) in [6, 6.07) is 9.06. The fraction of sp³-hybridized carbons (Fsp3) is 0.571. The zero-order valence-electron chi connectivity index (χ0n) is 10.1. The van der Waals surface area contributed by atoms with Crippen LogP contribution in [0.3, 0.4) is 0 Å². The molecule has 2 rings (SSSR count). The summed E-state index contributed by atoms with van der Waals surface area (Å²) in [6.07, 6.45) is 0. The summed E-state index contributed by atoms with van der Waals surface area (Å²) in [5.41, 5.74) is 9.35. The van der Waals surface area contributed by atoms with E-state index in [9.17, 15) is 0 Å². The van der Waals surface area contributed by atoms with Gasteiger partial charge in [-0.1, -0.05) is 52.0 Å². The molecule has 0 spiro atoms. The van der Waals surface area contributed by atoms with Crippen molar-refractivity contribution in [2.45, 2.75) is 45.6 Å². The molecule has 2 atom stereocenters. The number of rotatable bonds is 2. The van der Waals surface area contributed by atoms with E-state index in [1.165, 1.54) is 11.1 Å². The normalized spacial score (nSPS) is 28.1. The number of benzene rings is 1. The second kappa shape index (κ2) is 3.34. The molecule has 0 radical (unpaired) electrons. The van der Waals surface area contributed by atoms with Crippen molar-refractivity contribution in [1.82, 2.24) is 0 Å². The second-order valence-electron chi connectivity index (χ2n) is 5.61. The van der Waals surface area contributed by atoms with Gasteiger partial charge in [0, 0.05) is 12.0 Å². The van der Waals surface area contributed by atoms with Crippen LogP contribution >= 0.6 is 0 Å². The lowest BCUT2D eigenvalue weighted by atomic mass is 9.92. The third-order valence-corrected chi connectivity index (χ3v) is 3.86. The summed E-state index contributed by atoms with van der Waals surface area (Å²) in [5.74, 6) is 1.14. The average molecular weight is 203 g/mol. The summed E-state index contributed by atoms with van der Waals surface area (Å²) in [5, 5.41) is 0. The highest BCUT2D eigenvalue weighted by molar-refractivity contribution is 5.41. The molecule has 0 saturated heterocycles. The quantitative estimate of drug-likeness (QED) is 0.784. The SMILES string of the molecule is CC(C)c1ccccc1C1C(N)C1(C)C. The van der Waals surface area contributed by atoms with E-state index in [2.05, 4.69) is 52.0 Å². The van der Waals surface area contributed by atoms with Gasteiger partial charge in [-0.25, -0.2) is 0 Å². The molecule has 1 heteroatoms. The number of hydrogen-bond donors (Lipinski definition) is 1. The highest BCUT2D eigenvalue weighted by Gasteiger charge is 2.56. The van der Waals surface area contributed by atoms with Gasteiger partial charge in [0.15, 0.2) is 0 Å². The first-order valence-corrected chi connectivity index (χ1v) is 5.80. The maximum absolute atomic E-state index is 6.15. The summed E-state index contributed by atoms with van der Waals surface area (Å²) in [6.45, 7) is 9.03. The van der Waals surface area contributed by atoms with Gasteiger partial charge in [0.1, 0.15) is 0 Å². The maximum atomic E-state index is 6.15. The Kier molecular flexibility index (Phi) is 2.38. The lowest BCUT2D eigenvalue weighted by molar-refractivity contribution is 0.597. The van der Waals surface area contributed by atoms with Crippen LogP contribution in [0.5, 0.6) is 0 Å². The van der Waals surface area contributed by atoms with Gasteiger partial charge in [-0.3, -0.25) is 0 Å². The van der Waals surface area contributed by atoms with Gasteiger partial charge in [0.25, 0.3) is 0 Å². The molecule has 0 heterocycles. The molecule has 1 aromatic rings. The molecule has 1 nitrogen and oxygen atoms in total. The molecule has 1 saturated carbocycles. The minimum absolute atomic E-state index is 0.283. The molecule has 1 aromatic carbocycles. The summed E-state index contributed by atoms with van der Waals surface area (Å²) >= 11 is 0. The van der Waals surface area contributed by atoms with Crippen molar-refractivity contribution in [2.75, 3.05) is 0 Å². The maximum Gasteiger partial charge on any atom is 0.0172 e. The highest BCUT2D eigenvalue weighted by Crippen LogP contribution is 2.58. The molecular formula is C14H21N. The van der Waals surface area contributed by atoms with Crippen LogP contribution in [0.1, 0.15) is 50.7 Å². The Morgan fingerprint density at radius 1 is 1.20 bits per heavy atom. The van der Waals surface area contributed by atoms with E-state index in [-0.39, 0.29) is 5.41 Å². The molecule has 1 aliphatic rings. The van der Waals surface area contributed by atoms with Gasteiger partial charge in [-0.05, 0) is 22.5 Å². The topological polar surface area (TPSA) is 26.0 Å². The molecule has 2 N–H and O–H groups in total. The third-order valence-electron chi connectivity index (χ3n) is 3.86. The fourth-order valence-electron chi connectivity index (χ4n) is 2.59. The molecule has 0 bridgehead atoms. The van der Waals surface area contributed by atoms with E-state index < -0.39 is 0 Å². The van der Waals surface area contributed by atoms with E-state index in [4.69, 9.17) is 5.73 Å². The standard InChI is InChI=1S/C14H21N/c1-9(2)10-7-5-6-8-11(10)12-13(15)14(12,3)4/h5-9,12-13H,15H2,1-4H3. The van der Waals surface area contributed by atoms with Crippen LogP contribution in [0.15, 0.2) is 24.3 Å². The van der Waals surface area contributed by atoms with Crippen LogP contribution in [0, 0.1) is 5.41 Å². The van der Waals surface area contributed by atoms with Crippen LogP contribution in [-0.2, 0) is 0 Å². The van der Waals surface area contributed by atoms with Gasteiger partial charge in [0.05, 0.1) is 0 Å². The zero-order valence-corrected chi connectivity index (χ0v) is 10.1. The predicted octanol–water partition coefficient (Wildman–Crippen LogP) is 3.26. The Bertz CT molecular complexity index is 365. The van der Waals surface area contributed by atoms with Crippen LogP contribution < -0.4 is 5.73 Å². The van der Waals surface area contributed by atoms with Gasteiger partial charge in [-0.15, -0.1) is 0 Å². The lowest BCUT2D eigenvalue weighted by Crippen LogP contribution is -2.06. The Morgan fingerprint density at radius 2 is 1.73 bits per heavy atom. The molecule has 2 unspecified atom stereocenters. The van der Waals surface area contributed by atoms with Crippen molar-refractivity contribution >= 4 is 0 Å². The summed E-state index contributed by atoms with van der Waals surface area (Å²) in [7, 11) is 0. The summed E-state index contributed by atoms with van der Waals surface area (Å²) in [4.78, 5) is 0. The molecule has 82 valence electrons. The largest absolute Gasteiger partial charge is 0.327 e. The second-order valence-corrected chi connectivity index (χ2v) is 5.61. The lowest BCUT2D eigenvalue weighted by Gasteiger charge is -2.13. The van der Waals surface area contributed by atoms with Crippen LogP contribution in [0.4, 0.5) is 0 Å². The monoisotopic (exact) mass is 203 g/mol. The van der Waals surface area contributed by atoms with Crippen LogP contribution in [-0.4, -0.2) is 6.04 Å². The van der Waals surface area contributed by atoms with Gasteiger partial charge in [0.2, 0.25) is 0 Å². The third kappa shape index (κ3) is 1.59. The average Bonchev–Trinajstić information content (AvgIpc) is 2.66. The van der Waals surface area contributed by atoms with Crippen molar-refractivity contribution in [3.63, 3.8) is 0 Å². The molecule has 0 aliphatic heterocycles. The minimum atomic E-state index is 0.283. The minimum Gasteiger partial charge on any atom is -0.327 e. The highest BCUT2D eigenvalue weighted by atomic mass is 14.8. The number of nitrogens with two attached hydrogens (primary N) is 1. The van der Waals surface area contributed by atoms with Crippen LogP contribution in [0.25, 0.3) is 0 Å². The molecule has 0 aromatic heterocycles. The zero-order chi connectivity index (χ0) is 11.2. The first-order chi connectivity index (χ1) is 6.96. The van der Waals surface area contributed by atoms with Gasteiger partial charge < -0.3 is 5.73 Å². The van der Waals surface area contributed by atoms with E-state index in [1.807, 2.05) is 0 Å². The predicted molar refractivity (Wildman–Crippen MR) is 65.0 cm³/mol. The molecule has 15 heavy (non-hydrogen) atoms. The van der Waals surface area contributed by atoms with Gasteiger partial charge >= 0.3 is 0 Å². The van der Waals surface area contributed by atoms with Crippen molar-refractivity contribution in [3.8, 4) is 0 Å². The van der Waals surface area contributed by atoms with Gasteiger partial charge in [-0.2, -0.15) is 0 Å². The van der Waals surface area contributed by atoms with E-state index >= 15 is 0 Å². The summed E-state index contributed by atoms with van der Waals surface area (Å²) < 4.78 is 0.